The Bertz CT molecular complexity index is 799. The van der Waals surface area contributed by atoms with Crippen LogP contribution < -0.4 is 15.8 Å². The molecule has 2 rings (SSSR count). The molecular formula is C17H20N2O4S. The lowest BCUT2D eigenvalue weighted by molar-refractivity contribution is -0.118. The zero-order valence-corrected chi connectivity index (χ0v) is 14.3. The molecule has 0 spiro atoms. The molecule has 7 heteroatoms. The standard InChI is InChI=1S/C17H20N2O4S/c1-3-16(17(18)20)19-12-4-6-13(7-5-12)23-14-8-10-15(11-9-14)24(2,21)22/h4-11,16,19H,3H2,1-2H3,(H2,18,20). The average molecular weight is 348 g/mol. The maximum Gasteiger partial charge on any atom is 0.239 e. The Morgan fingerprint density at radius 1 is 1.08 bits per heavy atom. The number of ether oxygens (including phenoxy) is 1. The third kappa shape index (κ3) is 4.73. The summed E-state index contributed by atoms with van der Waals surface area (Å²) >= 11 is 0. The lowest BCUT2D eigenvalue weighted by atomic mass is 10.2. The van der Waals surface area contributed by atoms with Crippen LogP contribution in [0.4, 0.5) is 5.69 Å². The highest BCUT2D eigenvalue weighted by atomic mass is 32.2. The van der Waals surface area contributed by atoms with Crippen LogP contribution in [0.25, 0.3) is 0 Å². The molecule has 0 bridgehead atoms. The van der Waals surface area contributed by atoms with Crippen LogP contribution in [0.1, 0.15) is 13.3 Å². The summed E-state index contributed by atoms with van der Waals surface area (Å²) in [6.45, 7) is 1.88. The third-order valence-electron chi connectivity index (χ3n) is 3.43. The second-order valence-corrected chi connectivity index (χ2v) is 7.39. The van der Waals surface area contributed by atoms with Gasteiger partial charge in [0.25, 0.3) is 0 Å². The van der Waals surface area contributed by atoms with Gasteiger partial charge in [-0.1, -0.05) is 6.92 Å². The number of rotatable bonds is 7. The van der Waals surface area contributed by atoms with Gasteiger partial charge in [-0.25, -0.2) is 8.42 Å². The van der Waals surface area contributed by atoms with E-state index in [4.69, 9.17) is 10.5 Å². The maximum absolute atomic E-state index is 11.4. The van der Waals surface area contributed by atoms with E-state index in [2.05, 4.69) is 5.32 Å². The minimum atomic E-state index is -3.22. The van der Waals surface area contributed by atoms with Crippen LogP contribution in [-0.4, -0.2) is 26.6 Å². The van der Waals surface area contributed by atoms with E-state index >= 15 is 0 Å². The van der Waals surface area contributed by atoms with Crippen LogP contribution in [0.2, 0.25) is 0 Å². The van der Waals surface area contributed by atoms with Crippen molar-refractivity contribution in [2.24, 2.45) is 5.73 Å². The first-order valence-corrected chi connectivity index (χ1v) is 9.32. The molecule has 0 aromatic heterocycles. The van der Waals surface area contributed by atoms with Gasteiger partial charge in [0, 0.05) is 11.9 Å². The number of sulfone groups is 1. The molecule has 0 aliphatic heterocycles. The zero-order chi connectivity index (χ0) is 17.7. The molecule has 2 aromatic rings. The van der Waals surface area contributed by atoms with Gasteiger partial charge in [0.15, 0.2) is 9.84 Å². The van der Waals surface area contributed by atoms with Gasteiger partial charge >= 0.3 is 0 Å². The topological polar surface area (TPSA) is 98.5 Å². The Morgan fingerprint density at radius 3 is 2.00 bits per heavy atom. The van der Waals surface area contributed by atoms with Crippen molar-refractivity contribution in [3.05, 3.63) is 48.5 Å². The Morgan fingerprint density at radius 2 is 1.58 bits per heavy atom. The van der Waals surface area contributed by atoms with Gasteiger partial charge in [0.1, 0.15) is 17.5 Å². The first-order chi connectivity index (χ1) is 11.3. The average Bonchev–Trinajstić information content (AvgIpc) is 2.53. The number of hydrogen-bond acceptors (Lipinski definition) is 5. The summed E-state index contributed by atoms with van der Waals surface area (Å²) in [5, 5.41) is 3.05. The van der Waals surface area contributed by atoms with Crippen molar-refractivity contribution in [3.63, 3.8) is 0 Å². The van der Waals surface area contributed by atoms with E-state index in [0.717, 1.165) is 11.9 Å². The largest absolute Gasteiger partial charge is 0.457 e. The quantitative estimate of drug-likeness (QED) is 0.801. The van der Waals surface area contributed by atoms with E-state index in [1.807, 2.05) is 6.92 Å². The van der Waals surface area contributed by atoms with Crippen molar-refractivity contribution in [1.29, 1.82) is 0 Å². The normalized spacial score (nSPS) is 12.4. The van der Waals surface area contributed by atoms with Gasteiger partial charge in [0.05, 0.1) is 4.90 Å². The van der Waals surface area contributed by atoms with E-state index in [-0.39, 0.29) is 4.90 Å². The summed E-state index contributed by atoms with van der Waals surface area (Å²) in [4.78, 5) is 11.5. The minimum Gasteiger partial charge on any atom is -0.457 e. The number of amides is 1. The number of nitrogens with two attached hydrogens (primary N) is 1. The number of anilines is 1. The van der Waals surface area contributed by atoms with E-state index in [1.54, 1.807) is 36.4 Å². The predicted molar refractivity (Wildman–Crippen MR) is 93.0 cm³/mol. The van der Waals surface area contributed by atoms with Gasteiger partial charge < -0.3 is 15.8 Å². The fourth-order valence-corrected chi connectivity index (χ4v) is 2.72. The molecule has 0 saturated heterocycles. The first-order valence-electron chi connectivity index (χ1n) is 7.43. The van der Waals surface area contributed by atoms with Crippen molar-refractivity contribution < 1.29 is 17.9 Å². The molecule has 0 radical (unpaired) electrons. The second kappa shape index (κ2) is 7.35. The lowest BCUT2D eigenvalue weighted by Crippen LogP contribution is -2.34. The van der Waals surface area contributed by atoms with E-state index < -0.39 is 21.8 Å². The molecule has 0 aliphatic carbocycles. The highest BCUT2D eigenvalue weighted by Gasteiger charge is 2.12. The van der Waals surface area contributed by atoms with Crippen LogP contribution in [0.5, 0.6) is 11.5 Å². The smallest absolute Gasteiger partial charge is 0.239 e. The van der Waals surface area contributed by atoms with E-state index in [0.29, 0.717) is 17.9 Å². The van der Waals surface area contributed by atoms with Crippen molar-refractivity contribution in [1.82, 2.24) is 0 Å². The van der Waals surface area contributed by atoms with E-state index in [9.17, 15) is 13.2 Å². The van der Waals surface area contributed by atoms with Crippen LogP contribution in [-0.2, 0) is 14.6 Å². The number of carbonyl (C=O) groups excluding carboxylic acids is 1. The molecule has 1 amide bonds. The molecule has 6 nitrogen and oxygen atoms in total. The van der Waals surface area contributed by atoms with Crippen molar-refractivity contribution in [2.45, 2.75) is 24.3 Å². The highest BCUT2D eigenvalue weighted by molar-refractivity contribution is 7.90. The Kier molecular flexibility index (Phi) is 5.46. The molecule has 1 atom stereocenters. The summed E-state index contributed by atoms with van der Waals surface area (Å²) in [7, 11) is -3.22. The number of carbonyl (C=O) groups is 1. The predicted octanol–water partition coefficient (Wildman–Crippen LogP) is 2.56. The highest BCUT2D eigenvalue weighted by Crippen LogP contribution is 2.24. The molecule has 24 heavy (non-hydrogen) atoms. The van der Waals surface area contributed by atoms with E-state index in [1.165, 1.54) is 12.1 Å². The molecule has 0 aliphatic rings. The fourth-order valence-electron chi connectivity index (χ4n) is 2.09. The summed E-state index contributed by atoms with van der Waals surface area (Å²) < 4.78 is 28.5. The maximum atomic E-state index is 11.4. The van der Waals surface area contributed by atoms with Gasteiger partial charge in [-0.2, -0.15) is 0 Å². The number of primary amides is 1. The molecule has 2 aromatic carbocycles. The Labute approximate surface area is 141 Å². The molecular weight excluding hydrogens is 328 g/mol. The van der Waals surface area contributed by atoms with Gasteiger partial charge in [0.2, 0.25) is 5.91 Å². The van der Waals surface area contributed by atoms with Crippen LogP contribution in [0.3, 0.4) is 0 Å². The molecule has 0 saturated carbocycles. The van der Waals surface area contributed by atoms with Crippen LogP contribution in [0, 0.1) is 0 Å². The summed E-state index contributed by atoms with van der Waals surface area (Å²) in [5.41, 5.74) is 6.07. The van der Waals surface area contributed by atoms with Crippen molar-refractivity contribution in [2.75, 3.05) is 11.6 Å². The number of hydrogen-bond donors (Lipinski definition) is 2. The van der Waals surface area contributed by atoms with Crippen LogP contribution >= 0.6 is 0 Å². The first kappa shape index (κ1) is 17.8. The molecule has 128 valence electrons. The lowest BCUT2D eigenvalue weighted by Gasteiger charge is -2.15. The van der Waals surface area contributed by atoms with Crippen LogP contribution in [0.15, 0.2) is 53.4 Å². The summed E-state index contributed by atoms with van der Waals surface area (Å²) in [6.07, 6.45) is 1.75. The molecule has 3 N–H and O–H groups in total. The fraction of sp³-hybridized carbons (Fsp3) is 0.235. The Balaban J connectivity index is 2.05. The summed E-state index contributed by atoms with van der Waals surface area (Å²) in [6, 6.07) is 12.9. The number of benzene rings is 2. The Hall–Kier alpha value is -2.54. The molecule has 0 fully saturated rings. The second-order valence-electron chi connectivity index (χ2n) is 5.38. The molecule has 0 heterocycles. The van der Waals surface area contributed by atoms with Gasteiger partial charge in [-0.15, -0.1) is 0 Å². The third-order valence-corrected chi connectivity index (χ3v) is 4.56. The number of nitrogens with one attached hydrogen (secondary N) is 1. The minimum absolute atomic E-state index is 0.242. The van der Waals surface area contributed by atoms with Crippen molar-refractivity contribution in [3.8, 4) is 11.5 Å². The SMILES string of the molecule is CCC(Nc1ccc(Oc2ccc(S(C)(=O)=O)cc2)cc1)C(N)=O. The van der Waals surface area contributed by atoms with Gasteiger partial charge in [-0.3, -0.25) is 4.79 Å². The van der Waals surface area contributed by atoms with Gasteiger partial charge in [-0.05, 0) is 55.0 Å². The van der Waals surface area contributed by atoms with Crippen molar-refractivity contribution >= 4 is 21.4 Å². The summed E-state index contributed by atoms with van der Waals surface area (Å²) in [5.74, 6) is 0.732. The zero-order valence-electron chi connectivity index (χ0n) is 13.5. The molecule has 1 unspecified atom stereocenters. The monoisotopic (exact) mass is 348 g/mol.